The van der Waals surface area contributed by atoms with Crippen LogP contribution < -0.4 is 11.1 Å². The lowest BCUT2D eigenvalue weighted by Gasteiger charge is -2.10. The van der Waals surface area contributed by atoms with Crippen molar-refractivity contribution < 1.29 is 4.79 Å². The van der Waals surface area contributed by atoms with E-state index in [4.69, 9.17) is 18.0 Å². The molecule has 0 heterocycles. The van der Waals surface area contributed by atoms with Crippen LogP contribution in [-0.4, -0.2) is 10.9 Å². The van der Waals surface area contributed by atoms with Gasteiger partial charge in [0.1, 0.15) is 4.99 Å². The van der Waals surface area contributed by atoms with Crippen molar-refractivity contribution in [2.75, 3.05) is 5.32 Å². The summed E-state index contributed by atoms with van der Waals surface area (Å²) in [7, 11) is 0. The Labute approximate surface area is 137 Å². The summed E-state index contributed by atoms with van der Waals surface area (Å²) >= 11 is 8.37. The lowest BCUT2D eigenvalue weighted by atomic mass is 10.1. The first-order valence-electron chi connectivity index (χ1n) is 6.49. The van der Waals surface area contributed by atoms with E-state index in [1.54, 1.807) is 12.1 Å². The molecule has 0 atom stereocenters. The van der Waals surface area contributed by atoms with Gasteiger partial charge in [0.15, 0.2) is 0 Å². The van der Waals surface area contributed by atoms with Gasteiger partial charge >= 0.3 is 0 Å². The van der Waals surface area contributed by atoms with Gasteiger partial charge in [0.05, 0.1) is 5.69 Å². The predicted molar refractivity (Wildman–Crippen MR) is 93.4 cm³/mol. The first-order valence-corrected chi connectivity index (χ1v) is 7.69. The van der Waals surface area contributed by atoms with Crippen LogP contribution in [0, 0.1) is 0 Å². The Kier molecular flexibility index (Phi) is 5.47. The third-order valence-electron chi connectivity index (χ3n) is 3.00. The second kappa shape index (κ2) is 7.33. The monoisotopic (exact) mass is 362 g/mol. The number of thiocarbonyl (C=S) groups is 1. The molecule has 0 saturated carbocycles. The number of nitrogens with two attached hydrogens (primary N) is 1. The topological polar surface area (TPSA) is 55.1 Å². The van der Waals surface area contributed by atoms with Crippen LogP contribution in [0.4, 0.5) is 5.69 Å². The van der Waals surface area contributed by atoms with Crippen molar-refractivity contribution in [3.05, 3.63) is 64.1 Å². The molecule has 0 aliphatic heterocycles. The maximum Gasteiger partial charge on any atom is 0.224 e. The van der Waals surface area contributed by atoms with Gasteiger partial charge in [-0.3, -0.25) is 4.79 Å². The molecule has 0 spiro atoms. The fraction of sp³-hybridized carbons (Fsp3) is 0.125. The largest absolute Gasteiger partial charge is 0.389 e. The highest BCUT2D eigenvalue weighted by Gasteiger charge is 2.09. The highest BCUT2D eigenvalue weighted by Crippen LogP contribution is 2.21. The standard InChI is InChI=1S/C16H15BrN2OS/c17-12-7-8-14(13(10-12)16(18)21)19-15(20)9-6-11-4-2-1-3-5-11/h1-5,7-8,10H,6,9H2,(H2,18,21)(H,19,20). The Morgan fingerprint density at radius 1 is 1.19 bits per heavy atom. The Morgan fingerprint density at radius 3 is 2.57 bits per heavy atom. The van der Waals surface area contributed by atoms with Gasteiger partial charge in [-0.1, -0.05) is 58.5 Å². The fourth-order valence-corrected chi connectivity index (χ4v) is 2.47. The summed E-state index contributed by atoms with van der Waals surface area (Å²) in [5, 5.41) is 2.86. The smallest absolute Gasteiger partial charge is 0.224 e. The zero-order valence-electron chi connectivity index (χ0n) is 11.3. The number of hydrogen-bond donors (Lipinski definition) is 2. The molecular formula is C16H15BrN2OS. The Balaban J connectivity index is 2.01. The van der Waals surface area contributed by atoms with E-state index >= 15 is 0 Å². The average Bonchev–Trinajstić information content (AvgIpc) is 2.48. The number of hydrogen-bond acceptors (Lipinski definition) is 2. The molecule has 0 radical (unpaired) electrons. The predicted octanol–water partition coefficient (Wildman–Crippen LogP) is 3.65. The number of benzene rings is 2. The van der Waals surface area contributed by atoms with Gasteiger partial charge in [-0.25, -0.2) is 0 Å². The number of nitrogens with one attached hydrogen (secondary N) is 1. The van der Waals surface area contributed by atoms with E-state index in [0.717, 1.165) is 10.0 Å². The SMILES string of the molecule is NC(=S)c1cc(Br)ccc1NC(=O)CCc1ccccc1. The summed E-state index contributed by atoms with van der Waals surface area (Å²) in [5.41, 5.74) is 8.12. The molecule has 0 unspecified atom stereocenters. The van der Waals surface area contributed by atoms with E-state index in [-0.39, 0.29) is 10.9 Å². The first-order chi connectivity index (χ1) is 10.1. The summed E-state index contributed by atoms with van der Waals surface area (Å²) in [6, 6.07) is 15.3. The van der Waals surface area contributed by atoms with Crippen LogP contribution in [0.15, 0.2) is 53.0 Å². The molecule has 2 rings (SSSR count). The van der Waals surface area contributed by atoms with Crippen LogP contribution in [0.5, 0.6) is 0 Å². The minimum atomic E-state index is -0.0568. The van der Waals surface area contributed by atoms with Crippen molar-refractivity contribution in [3.8, 4) is 0 Å². The highest BCUT2D eigenvalue weighted by molar-refractivity contribution is 9.10. The molecule has 0 aliphatic carbocycles. The number of carbonyl (C=O) groups excluding carboxylic acids is 1. The molecular weight excluding hydrogens is 348 g/mol. The molecule has 0 bridgehead atoms. The number of amides is 1. The van der Waals surface area contributed by atoms with Crippen molar-refractivity contribution in [1.29, 1.82) is 0 Å². The van der Waals surface area contributed by atoms with Gasteiger partial charge in [-0.2, -0.15) is 0 Å². The molecule has 0 aromatic heterocycles. The fourth-order valence-electron chi connectivity index (χ4n) is 1.94. The zero-order chi connectivity index (χ0) is 15.2. The van der Waals surface area contributed by atoms with Gasteiger partial charge < -0.3 is 11.1 Å². The number of carbonyl (C=O) groups is 1. The normalized spacial score (nSPS) is 10.1. The molecule has 0 aliphatic rings. The molecule has 0 fully saturated rings. The lowest BCUT2D eigenvalue weighted by Crippen LogP contribution is -2.17. The van der Waals surface area contributed by atoms with E-state index in [9.17, 15) is 4.79 Å². The van der Waals surface area contributed by atoms with Crippen LogP contribution in [0.25, 0.3) is 0 Å². The summed E-state index contributed by atoms with van der Waals surface area (Å²) < 4.78 is 0.868. The minimum absolute atomic E-state index is 0.0568. The maximum absolute atomic E-state index is 12.0. The molecule has 1 amide bonds. The van der Waals surface area contributed by atoms with Crippen molar-refractivity contribution in [2.24, 2.45) is 5.73 Å². The van der Waals surface area contributed by atoms with Crippen molar-refractivity contribution in [1.82, 2.24) is 0 Å². The second-order valence-electron chi connectivity index (χ2n) is 4.59. The summed E-state index contributed by atoms with van der Waals surface area (Å²) in [5.74, 6) is -0.0568. The van der Waals surface area contributed by atoms with E-state index in [2.05, 4.69) is 21.2 Å². The molecule has 3 nitrogen and oxygen atoms in total. The Bertz CT molecular complexity index is 659. The van der Waals surface area contributed by atoms with E-state index in [1.807, 2.05) is 36.4 Å². The van der Waals surface area contributed by atoms with Gasteiger partial charge in [0.2, 0.25) is 5.91 Å². The van der Waals surface area contributed by atoms with Crippen molar-refractivity contribution >= 4 is 44.7 Å². The van der Waals surface area contributed by atoms with Gasteiger partial charge in [-0.15, -0.1) is 0 Å². The van der Waals surface area contributed by atoms with E-state index in [1.165, 1.54) is 0 Å². The average molecular weight is 363 g/mol. The van der Waals surface area contributed by atoms with Crippen LogP contribution in [0.1, 0.15) is 17.5 Å². The molecule has 0 saturated heterocycles. The Morgan fingerprint density at radius 2 is 1.90 bits per heavy atom. The highest BCUT2D eigenvalue weighted by atomic mass is 79.9. The second-order valence-corrected chi connectivity index (χ2v) is 5.94. The molecule has 108 valence electrons. The molecule has 2 aromatic rings. The first kappa shape index (κ1) is 15.7. The summed E-state index contributed by atoms with van der Waals surface area (Å²) in [6.45, 7) is 0. The molecule has 21 heavy (non-hydrogen) atoms. The maximum atomic E-state index is 12.0. The lowest BCUT2D eigenvalue weighted by molar-refractivity contribution is -0.116. The van der Waals surface area contributed by atoms with Crippen LogP contribution in [0.3, 0.4) is 0 Å². The third-order valence-corrected chi connectivity index (χ3v) is 3.72. The van der Waals surface area contributed by atoms with E-state index < -0.39 is 0 Å². The number of rotatable bonds is 5. The minimum Gasteiger partial charge on any atom is -0.389 e. The van der Waals surface area contributed by atoms with Gasteiger partial charge in [0, 0.05) is 16.5 Å². The number of halogens is 1. The molecule has 3 N–H and O–H groups in total. The van der Waals surface area contributed by atoms with Gasteiger partial charge in [-0.05, 0) is 30.2 Å². The molecule has 2 aromatic carbocycles. The van der Waals surface area contributed by atoms with E-state index in [0.29, 0.717) is 24.1 Å². The summed E-state index contributed by atoms with van der Waals surface area (Å²) in [6.07, 6.45) is 1.11. The quantitative estimate of drug-likeness (QED) is 0.798. The van der Waals surface area contributed by atoms with Crippen LogP contribution >= 0.6 is 28.1 Å². The van der Waals surface area contributed by atoms with Crippen molar-refractivity contribution in [3.63, 3.8) is 0 Å². The molecule has 5 heteroatoms. The van der Waals surface area contributed by atoms with Crippen molar-refractivity contribution in [2.45, 2.75) is 12.8 Å². The van der Waals surface area contributed by atoms with Gasteiger partial charge in [0.25, 0.3) is 0 Å². The number of anilines is 1. The third kappa shape index (κ3) is 4.65. The zero-order valence-corrected chi connectivity index (χ0v) is 13.7. The Hall–Kier alpha value is -1.72. The van der Waals surface area contributed by atoms with Crippen LogP contribution in [0.2, 0.25) is 0 Å². The summed E-state index contributed by atoms with van der Waals surface area (Å²) in [4.78, 5) is 12.3. The number of aryl methyl sites for hydroxylation is 1. The van der Waals surface area contributed by atoms with Crippen LogP contribution in [-0.2, 0) is 11.2 Å².